The summed E-state index contributed by atoms with van der Waals surface area (Å²) in [4.78, 5) is 1.13. The molecule has 0 amide bonds. The van der Waals surface area contributed by atoms with E-state index in [-0.39, 0.29) is 5.75 Å². The van der Waals surface area contributed by atoms with Gasteiger partial charge < -0.3 is 5.32 Å². The summed E-state index contributed by atoms with van der Waals surface area (Å²) in [6.07, 6.45) is 1.27. The standard InChI is InChI=1S/C12H18BrNO2S2/c1-3-14-9-10-4-5-11(13)8-12(10)17-6-7-18(2,15)16/h4-5,8,14H,3,6-7,9H2,1-2H3. The first-order chi connectivity index (χ1) is 8.42. The molecule has 0 atom stereocenters. The first-order valence-corrected chi connectivity index (χ1v) is 9.56. The maximum absolute atomic E-state index is 11.1. The molecular formula is C12H18BrNO2S2. The van der Waals surface area contributed by atoms with Crippen LogP contribution in [0.4, 0.5) is 0 Å². The highest BCUT2D eigenvalue weighted by atomic mass is 79.9. The monoisotopic (exact) mass is 351 g/mol. The molecule has 0 aliphatic rings. The van der Waals surface area contributed by atoms with Crippen LogP contribution in [0.2, 0.25) is 0 Å². The summed E-state index contributed by atoms with van der Waals surface area (Å²) in [5.41, 5.74) is 1.21. The van der Waals surface area contributed by atoms with Crippen LogP contribution in [0.15, 0.2) is 27.6 Å². The summed E-state index contributed by atoms with van der Waals surface area (Å²) in [5, 5.41) is 3.28. The molecule has 0 saturated heterocycles. The van der Waals surface area contributed by atoms with E-state index in [0.717, 1.165) is 22.5 Å². The molecule has 0 heterocycles. The third-order valence-electron chi connectivity index (χ3n) is 2.31. The molecule has 0 aromatic heterocycles. The van der Waals surface area contributed by atoms with Gasteiger partial charge in [-0.15, -0.1) is 11.8 Å². The van der Waals surface area contributed by atoms with E-state index < -0.39 is 9.84 Å². The van der Waals surface area contributed by atoms with E-state index in [0.29, 0.717) is 5.75 Å². The Morgan fingerprint density at radius 1 is 1.39 bits per heavy atom. The second kappa shape index (κ2) is 7.53. The third-order valence-corrected chi connectivity index (χ3v) is 5.10. The molecule has 18 heavy (non-hydrogen) atoms. The van der Waals surface area contributed by atoms with Gasteiger partial charge in [0.05, 0.1) is 5.75 Å². The van der Waals surface area contributed by atoms with Gasteiger partial charge in [0.25, 0.3) is 0 Å². The molecule has 0 fully saturated rings. The summed E-state index contributed by atoms with van der Waals surface area (Å²) in [5.74, 6) is 0.805. The van der Waals surface area contributed by atoms with Crippen molar-refractivity contribution in [2.24, 2.45) is 0 Å². The topological polar surface area (TPSA) is 46.2 Å². The van der Waals surface area contributed by atoms with Gasteiger partial charge in [0, 0.05) is 27.9 Å². The van der Waals surface area contributed by atoms with Crippen molar-refractivity contribution in [3.05, 3.63) is 28.2 Å². The summed E-state index contributed by atoms with van der Waals surface area (Å²) in [6, 6.07) is 6.11. The number of hydrogen-bond donors (Lipinski definition) is 1. The van der Waals surface area contributed by atoms with Gasteiger partial charge in [-0.3, -0.25) is 0 Å². The van der Waals surface area contributed by atoms with Crippen LogP contribution in [0.5, 0.6) is 0 Å². The van der Waals surface area contributed by atoms with Gasteiger partial charge in [-0.1, -0.05) is 28.9 Å². The van der Waals surface area contributed by atoms with E-state index in [4.69, 9.17) is 0 Å². The van der Waals surface area contributed by atoms with Crippen molar-refractivity contribution in [3.8, 4) is 0 Å². The molecule has 0 radical (unpaired) electrons. The number of sulfone groups is 1. The van der Waals surface area contributed by atoms with E-state index in [9.17, 15) is 8.42 Å². The lowest BCUT2D eigenvalue weighted by molar-refractivity contribution is 0.603. The second-order valence-corrected chi connectivity index (χ2v) is 8.32. The van der Waals surface area contributed by atoms with Crippen molar-refractivity contribution < 1.29 is 8.42 Å². The van der Waals surface area contributed by atoms with Crippen molar-refractivity contribution in [1.82, 2.24) is 5.32 Å². The minimum absolute atomic E-state index is 0.213. The van der Waals surface area contributed by atoms with Crippen molar-refractivity contribution >= 4 is 37.5 Å². The summed E-state index contributed by atoms with van der Waals surface area (Å²) in [6.45, 7) is 3.80. The van der Waals surface area contributed by atoms with Crippen LogP contribution in [0, 0.1) is 0 Å². The highest BCUT2D eigenvalue weighted by Crippen LogP contribution is 2.26. The fourth-order valence-corrected chi connectivity index (χ4v) is 4.18. The number of halogens is 1. The first-order valence-electron chi connectivity index (χ1n) is 5.72. The van der Waals surface area contributed by atoms with Crippen LogP contribution in [-0.2, 0) is 16.4 Å². The predicted octanol–water partition coefficient (Wildman–Crippen LogP) is 2.70. The minimum Gasteiger partial charge on any atom is -0.313 e. The Balaban J connectivity index is 2.69. The normalized spacial score (nSPS) is 11.7. The molecule has 0 spiro atoms. The second-order valence-electron chi connectivity index (χ2n) is 4.01. The van der Waals surface area contributed by atoms with E-state index in [1.165, 1.54) is 11.8 Å². The lowest BCUT2D eigenvalue weighted by atomic mass is 10.2. The third kappa shape index (κ3) is 6.22. The lowest BCUT2D eigenvalue weighted by Crippen LogP contribution is -2.12. The van der Waals surface area contributed by atoms with Gasteiger partial charge in [0.15, 0.2) is 0 Å². The number of thioether (sulfide) groups is 1. The maximum Gasteiger partial charge on any atom is 0.148 e. The van der Waals surface area contributed by atoms with Gasteiger partial charge in [-0.2, -0.15) is 0 Å². The Labute approximate surface area is 122 Å². The van der Waals surface area contributed by atoms with Crippen molar-refractivity contribution in [3.63, 3.8) is 0 Å². The SMILES string of the molecule is CCNCc1ccc(Br)cc1SCCS(C)(=O)=O. The molecule has 1 aromatic rings. The van der Waals surface area contributed by atoms with Crippen LogP contribution >= 0.6 is 27.7 Å². The average molecular weight is 352 g/mol. The molecule has 1 N–H and O–H groups in total. The summed E-state index contributed by atoms with van der Waals surface area (Å²) >= 11 is 5.03. The zero-order valence-corrected chi connectivity index (χ0v) is 13.8. The molecule has 6 heteroatoms. The minimum atomic E-state index is -2.88. The number of hydrogen-bond acceptors (Lipinski definition) is 4. The molecule has 102 valence electrons. The van der Waals surface area contributed by atoms with Gasteiger partial charge in [-0.25, -0.2) is 8.42 Å². The largest absolute Gasteiger partial charge is 0.313 e. The molecular weight excluding hydrogens is 334 g/mol. The van der Waals surface area contributed by atoms with E-state index in [1.807, 2.05) is 12.1 Å². The Morgan fingerprint density at radius 3 is 2.72 bits per heavy atom. The highest BCUT2D eigenvalue weighted by Gasteiger charge is 2.07. The van der Waals surface area contributed by atoms with Gasteiger partial charge in [-0.05, 0) is 24.2 Å². The number of benzene rings is 1. The van der Waals surface area contributed by atoms with E-state index in [2.05, 4.69) is 34.2 Å². The molecule has 0 unspecified atom stereocenters. The zero-order chi connectivity index (χ0) is 13.6. The first kappa shape index (κ1) is 16.0. The Bertz CT molecular complexity index is 489. The predicted molar refractivity (Wildman–Crippen MR) is 82.0 cm³/mol. The van der Waals surface area contributed by atoms with Crippen LogP contribution in [0.1, 0.15) is 12.5 Å². The molecule has 0 aliphatic heterocycles. The van der Waals surface area contributed by atoms with Crippen LogP contribution in [0.25, 0.3) is 0 Å². The Morgan fingerprint density at radius 2 is 2.11 bits per heavy atom. The molecule has 0 saturated carbocycles. The van der Waals surface area contributed by atoms with Crippen LogP contribution in [0.3, 0.4) is 0 Å². The fraction of sp³-hybridized carbons (Fsp3) is 0.500. The zero-order valence-electron chi connectivity index (χ0n) is 10.6. The molecule has 1 rings (SSSR count). The van der Waals surface area contributed by atoms with E-state index in [1.54, 1.807) is 11.8 Å². The Kier molecular flexibility index (Phi) is 6.70. The van der Waals surface area contributed by atoms with Gasteiger partial charge in [0.1, 0.15) is 9.84 Å². The van der Waals surface area contributed by atoms with Crippen LogP contribution in [-0.4, -0.2) is 32.7 Å². The smallest absolute Gasteiger partial charge is 0.148 e. The Hall–Kier alpha value is -0.0400. The molecule has 0 bridgehead atoms. The number of rotatable bonds is 7. The van der Waals surface area contributed by atoms with Crippen molar-refractivity contribution in [2.75, 3.05) is 24.3 Å². The molecule has 0 aliphatic carbocycles. The fourth-order valence-electron chi connectivity index (χ4n) is 1.37. The lowest BCUT2D eigenvalue weighted by Gasteiger charge is -2.10. The summed E-state index contributed by atoms with van der Waals surface area (Å²) in [7, 11) is -2.88. The quantitative estimate of drug-likeness (QED) is 0.767. The summed E-state index contributed by atoms with van der Waals surface area (Å²) < 4.78 is 23.2. The maximum atomic E-state index is 11.1. The van der Waals surface area contributed by atoms with Crippen molar-refractivity contribution in [2.45, 2.75) is 18.4 Å². The van der Waals surface area contributed by atoms with E-state index >= 15 is 0 Å². The van der Waals surface area contributed by atoms with Crippen molar-refractivity contribution in [1.29, 1.82) is 0 Å². The van der Waals surface area contributed by atoms with Gasteiger partial charge in [0.2, 0.25) is 0 Å². The molecule has 3 nitrogen and oxygen atoms in total. The van der Waals surface area contributed by atoms with Crippen LogP contribution < -0.4 is 5.32 Å². The number of nitrogens with one attached hydrogen (secondary N) is 1. The molecule has 1 aromatic carbocycles. The van der Waals surface area contributed by atoms with Gasteiger partial charge >= 0.3 is 0 Å². The average Bonchev–Trinajstić information content (AvgIpc) is 2.26. The highest BCUT2D eigenvalue weighted by molar-refractivity contribution is 9.10.